The number of benzene rings is 4. The van der Waals surface area contributed by atoms with Crippen molar-refractivity contribution in [1.82, 2.24) is 0 Å². The van der Waals surface area contributed by atoms with Gasteiger partial charge in [-0.05, 0) is 0 Å². The van der Waals surface area contributed by atoms with E-state index in [0.29, 0.717) is 21.2 Å². The van der Waals surface area contributed by atoms with Crippen LogP contribution in [0, 0.1) is 27.7 Å². The Labute approximate surface area is 453 Å². The Kier molecular flexibility index (Phi) is 27.1. The summed E-state index contributed by atoms with van der Waals surface area (Å²) in [5.41, 5.74) is 4.03. The SMILES string of the molecule is CCOC(COP(O)(OCC(OC)(OCC)OCC)(c1ccc(C)cc1)c1ccc(C)cc1)(OC)OCC.CCOC(COP(O)(OCC(OC)(OCC)OCC)(c1ccc(C)cc1)c1ccc(C)cc1)(OC)OCC. The summed E-state index contributed by atoms with van der Waals surface area (Å²) in [6.07, 6.45) is 0. The third-order valence-electron chi connectivity index (χ3n) is 12.0. The number of rotatable bonds is 36. The Morgan fingerprint density at radius 2 is 0.434 bits per heavy atom. The van der Waals surface area contributed by atoms with Crippen molar-refractivity contribution >= 4 is 35.8 Å². The molecule has 0 radical (unpaired) electrons. The van der Waals surface area contributed by atoms with Crippen LogP contribution in [0.3, 0.4) is 0 Å². The molecule has 0 saturated carbocycles. The Morgan fingerprint density at radius 1 is 0.289 bits per heavy atom. The van der Waals surface area contributed by atoms with Crippen LogP contribution in [-0.4, -0.2) is 141 Å². The topological polar surface area (TPSA) is 188 Å². The van der Waals surface area contributed by atoms with E-state index in [0.717, 1.165) is 22.3 Å². The molecule has 0 aliphatic heterocycles. The van der Waals surface area contributed by atoms with Crippen LogP contribution < -0.4 is 21.2 Å². The first-order chi connectivity index (χ1) is 36.2. The average Bonchev–Trinajstić information content (AvgIpc) is 3.42. The van der Waals surface area contributed by atoms with E-state index >= 15 is 0 Å². The molecule has 0 aliphatic carbocycles. The second-order valence-electron chi connectivity index (χ2n) is 17.3. The second kappa shape index (κ2) is 30.6. The van der Waals surface area contributed by atoms with Gasteiger partial charge in [-0.15, -0.1) is 0 Å². The summed E-state index contributed by atoms with van der Waals surface area (Å²) in [5, 5.41) is 1.73. The predicted molar refractivity (Wildman–Crippen MR) is 297 cm³/mol. The Hall–Kier alpha value is -2.98. The normalized spacial score (nSPS) is 13.9. The van der Waals surface area contributed by atoms with Gasteiger partial charge >= 0.3 is 455 Å². The number of aryl methyl sites for hydroxylation is 4. The van der Waals surface area contributed by atoms with Crippen LogP contribution in [0.1, 0.15) is 77.6 Å². The minimum atomic E-state index is -4.96. The van der Waals surface area contributed by atoms with E-state index in [1.807, 2.05) is 132 Å². The van der Waals surface area contributed by atoms with Crippen molar-refractivity contribution in [2.24, 2.45) is 0 Å². The summed E-state index contributed by atoms with van der Waals surface area (Å²) < 4.78 is 95.3. The van der Waals surface area contributed by atoms with E-state index in [1.54, 1.807) is 48.5 Å². The zero-order chi connectivity index (χ0) is 56.6. The molecule has 0 bridgehead atoms. The van der Waals surface area contributed by atoms with Crippen LogP contribution in [0.5, 0.6) is 0 Å². The summed E-state index contributed by atoms with van der Waals surface area (Å²) in [6, 6.07) is 29.4. The van der Waals surface area contributed by atoms with Crippen LogP contribution >= 0.6 is 14.6 Å². The molecule has 0 saturated heterocycles. The van der Waals surface area contributed by atoms with Gasteiger partial charge in [-0.1, -0.05) is 0 Å². The first-order valence-electron chi connectivity index (χ1n) is 25.9. The molecule has 20 heteroatoms. The van der Waals surface area contributed by atoms with Gasteiger partial charge in [0.25, 0.3) is 0 Å². The van der Waals surface area contributed by atoms with Gasteiger partial charge in [-0.2, -0.15) is 0 Å². The van der Waals surface area contributed by atoms with E-state index in [1.165, 1.54) is 28.4 Å². The van der Waals surface area contributed by atoms with Crippen LogP contribution in [0.15, 0.2) is 97.1 Å². The van der Waals surface area contributed by atoms with Crippen molar-refractivity contribution in [1.29, 1.82) is 0 Å². The van der Waals surface area contributed by atoms with Crippen molar-refractivity contribution in [3.05, 3.63) is 119 Å². The third-order valence-corrected chi connectivity index (χ3v) is 19.3. The fraction of sp³-hybridized carbons (Fsp3) is 0.571. The van der Waals surface area contributed by atoms with Gasteiger partial charge in [-0.25, -0.2) is 0 Å². The molecule has 76 heavy (non-hydrogen) atoms. The van der Waals surface area contributed by atoms with Crippen molar-refractivity contribution in [3.63, 3.8) is 0 Å². The van der Waals surface area contributed by atoms with Gasteiger partial charge in [-0.3, -0.25) is 0 Å². The summed E-state index contributed by atoms with van der Waals surface area (Å²) in [7, 11) is -4.10. The molecule has 18 nitrogen and oxygen atoms in total. The molecule has 0 aromatic heterocycles. The standard InChI is InChI=1S/2C28H45O9P/c2*1-9-32-27(30-7,33-10-2)21-36-38(29,25-17-13-23(5)14-18-25,26-19-15-24(6)16-20-26)37-22-28(31-8,34-11-3)35-12-4/h2*13-20,29H,9-12,21-22H2,1-8H3. The fourth-order valence-corrected chi connectivity index (χ4v) is 14.2. The van der Waals surface area contributed by atoms with Crippen molar-refractivity contribution in [2.75, 3.05) is 108 Å². The van der Waals surface area contributed by atoms with Crippen LogP contribution in [0.25, 0.3) is 0 Å². The summed E-state index contributed by atoms with van der Waals surface area (Å²) in [5.74, 6) is -6.31. The van der Waals surface area contributed by atoms with Gasteiger partial charge in [0.1, 0.15) is 0 Å². The van der Waals surface area contributed by atoms with Gasteiger partial charge in [0.15, 0.2) is 0 Å². The maximum atomic E-state index is 13.0. The molecule has 432 valence electrons. The monoisotopic (exact) mass is 1110 g/mol. The minimum absolute atomic E-state index is 0.288. The van der Waals surface area contributed by atoms with Crippen molar-refractivity contribution in [2.45, 2.75) is 107 Å². The third kappa shape index (κ3) is 16.6. The first-order valence-corrected chi connectivity index (χ1v) is 30.0. The quantitative estimate of drug-likeness (QED) is 0.0325. The van der Waals surface area contributed by atoms with Crippen LogP contribution in [0.2, 0.25) is 0 Å². The van der Waals surface area contributed by atoms with E-state index in [-0.39, 0.29) is 79.3 Å². The first kappa shape index (κ1) is 67.3. The Bertz CT molecular complexity index is 1910. The van der Waals surface area contributed by atoms with Crippen LogP contribution in [0.4, 0.5) is 0 Å². The molecular weight excluding hydrogens is 1020 g/mol. The molecule has 4 rings (SSSR count). The molecule has 0 spiro atoms. The molecule has 0 unspecified atom stereocenters. The van der Waals surface area contributed by atoms with Gasteiger partial charge in [0.2, 0.25) is 0 Å². The Balaban J connectivity index is 0.000000400. The second-order valence-corrected chi connectivity index (χ2v) is 24.0. The van der Waals surface area contributed by atoms with Gasteiger partial charge in [0, 0.05) is 0 Å². The van der Waals surface area contributed by atoms with E-state index in [4.69, 9.17) is 74.9 Å². The number of hydrogen-bond acceptors (Lipinski definition) is 18. The summed E-state index contributed by atoms with van der Waals surface area (Å²) in [4.78, 5) is 26.1. The molecule has 0 aliphatic rings. The predicted octanol–water partition coefficient (Wildman–Crippen LogP) is 8.65. The number of methoxy groups -OCH3 is 4. The van der Waals surface area contributed by atoms with Crippen LogP contribution in [-0.2, 0) is 74.9 Å². The number of ether oxygens (including phenoxy) is 12. The summed E-state index contributed by atoms with van der Waals surface area (Å²) in [6.45, 7) is 23.5. The van der Waals surface area contributed by atoms with Gasteiger partial charge < -0.3 is 0 Å². The molecule has 0 atom stereocenters. The molecule has 4 aromatic rings. The van der Waals surface area contributed by atoms with Crippen molar-refractivity contribution < 1.29 is 84.7 Å². The number of hydrogen-bond donors (Lipinski definition) is 2. The van der Waals surface area contributed by atoms with E-state index < -0.39 is 38.5 Å². The molecule has 0 fully saturated rings. The van der Waals surface area contributed by atoms with Crippen molar-refractivity contribution in [3.8, 4) is 0 Å². The summed E-state index contributed by atoms with van der Waals surface area (Å²) >= 11 is 0. The zero-order valence-corrected chi connectivity index (χ0v) is 49.8. The maximum absolute atomic E-state index is 13.0. The molecule has 0 amide bonds. The van der Waals surface area contributed by atoms with E-state index in [9.17, 15) is 9.79 Å². The molecule has 2 N–H and O–H groups in total. The zero-order valence-electron chi connectivity index (χ0n) is 48.0. The van der Waals surface area contributed by atoms with E-state index in [2.05, 4.69) is 0 Å². The average molecular weight is 1110 g/mol. The molecule has 4 aromatic carbocycles. The molecule has 0 heterocycles. The molecular formula is C56H90O18P2. The Morgan fingerprint density at radius 3 is 0.553 bits per heavy atom. The van der Waals surface area contributed by atoms with Gasteiger partial charge in [0.05, 0.1) is 0 Å². The fourth-order valence-electron chi connectivity index (χ4n) is 7.96.